The van der Waals surface area contributed by atoms with Gasteiger partial charge >= 0.3 is 0 Å². The first-order valence-electron chi connectivity index (χ1n) is 5.60. The first kappa shape index (κ1) is 11.9. The molecule has 0 fully saturated rings. The van der Waals surface area contributed by atoms with Crippen molar-refractivity contribution in [3.63, 3.8) is 0 Å². The summed E-state index contributed by atoms with van der Waals surface area (Å²) in [5.74, 6) is 0. The molecule has 0 spiro atoms. The van der Waals surface area contributed by atoms with E-state index in [4.69, 9.17) is 0 Å². The molecule has 0 amide bonds. The largest absolute Gasteiger partial charge is 0.378 e. The molecule has 0 saturated heterocycles. The zero-order chi connectivity index (χ0) is 12.3. The van der Waals surface area contributed by atoms with Crippen molar-refractivity contribution >= 4 is 22.7 Å². The molecule has 17 heavy (non-hydrogen) atoms. The molecule has 4 heteroatoms. The lowest BCUT2D eigenvalue weighted by molar-refractivity contribution is 0.869. The van der Waals surface area contributed by atoms with Crippen LogP contribution < -0.4 is 10.2 Å². The van der Waals surface area contributed by atoms with Crippen molar-refractivity contribution in [2.45, 2.75) is 13.0 Å². The van der Waals surface area contributed by atoms with E-state index in [9.17, 15) is 0 Å². The lowest BCUT2D eigenvalue weighted by atomic mass is 10.2. The number of nitrogens with one attached hydrogen (secondary N) is 1. The van der Waals surface area contributed by atoms with Crippen molar-refractivity contribution in [2.24, 2.45) is 0 Å². The van der Waals surface area contributed by atoms with Crippen LogP contribution in [0.1, 0.15) is 18.0 Å². The second-order valence-corrected chi connectivity index (χ2v) is 5.11. The summed E-state index contributed by atoms with van der Waals surface area (Å²) in [6, 6.07) is 8.62. The number of rotatable bonds is 4. The van der Waals surface area contributed by atoms with E-state index in [-0.39, 0.29) is 6.04 Å². The van der Waals surface area contributed by atoms with Gasteiger partial charge in [-0.05, 0) is 25.1 Å². The van der Waals surface area contributed by atoms with Crippen LogP contribution in [0.15, 0.2) is 35.8 Å². The van der Waals surface area contributed by atoms with Crippen LogP contribution in [0.5, 0.6) is 0 Å². The van der Waals surface area contributed by atoms with E-state index in [1.54, 1.807) is 11.3 Å². The maximum absolute atomic E-state index is 4.32. The highest BCUT2D eigenvalue weighted by Gasteiger charge is 2.07. The Morgan fingerprint density at radius 2 is 2.18 bits per heavy atom. The smallest absolute Gasteiger partial charge is 0.115 e. The Morgan fingerprint density at radius 1 is 1.35 bits per heavy atom. The van der Waals surface area contributed by atoms with E-state index < -0.39 is 0 Å². The van der Waals surface area contributed by atoms with Crippen LogP contribution in [-0.2, 0) is 0 Å². The predicted octanol–water partition coefficient (Wildman–Crippen LogP) is 3.38. The molecule has 1 aromatic carbocycles. The summed E-state index contributed by atoms with van der Waals surface area (Å²) in [6.07, 6.45) is 1.84. The summed E-state index contributed by atoms with van der Waals surface area (Å²) in [5, 5.41) is 6.58. The van der Waals surface area contributed by atoms with E-state index in [1.165, 1.54) is 5.69 Å². The fourth-order valence-electron chi connectivity index (χ4n) is 1.63. The fourth-order valence-corrected chi connectivity index (χ4v) is 2.28. The lowest BCUT2D eigenvalue weighted by Crippen LogP contribution is -2.10. The molecule has 0 radical (unpaired) electrons. The van der Waals surface area contributed by atoms with Crippen molar-refractivity contribution < 1.29 is 0 Å². The first-order chi connectivity index (χ1) is 8.16. The molecule has 1 atom stereocenters. The zero-order valence-electron chi connectivity index (χ0n) is 10.3. The monoisotopic (exact) mass is 247 g/mol. The molecule has 0 aliphatic carbocycles. The Kier molecular flexibility index (Phi) is 3.64. The normalized spacial score (nSPS) is 12.2. The average molecular weight is 247 g/mol. The molecule has 1 aromatic heterocycles. The van der Waals surface area contributed by atoms with Crippen molar-refractivity contribution in [1.82, 2.24) is 4.98 Å². The maximum atomic E-state index is 4.32. The van der Waals surface area contributed by atoms with E-state index in [0.29, 0.717) is 0 Å². The number of thiazole rings is 1. The minimum absolute atomic E-state index is 0.243. The van der Waals surface area contributed by atoms with Gasteiger partial charge in [0.05, 0.1) is 6.04 Å². The van der Waals surface area contributed by atoms with Crippen LogP contribution in [0.25, 0.3) is 0 Å². The molecule has 2 rings (SSSR count). The van der Waals surface area contributed by atoms with E-state index in [2.05, 4.69) is 46.4 Å². The number of benzene rings is 1. The van der Waals surface area contributed by atoms with Gasteiger partial charge < -0.3 is 10.2 Å². The highest BCUT2D eigenvalue weighted by Crippen LogP contribution is 2.23. The van der Waals surface area contributed by atoms with Gasteiger partial charge in [-0.25, -0.2) is 4.98 Å². The SMILES string of the molecule is CC(Nc1cccc(N(C)C)c1)c1nccs1. The molecule has 90 valence electrons. The second kappa shape index (κ2) is 5.19. The summed E-state index contributed by atoms with van der Waals surface area (Å²) in [6.45, 7) is 2.13. The Bertz CT molecular complexity index is 465. The first-order valence-corrected chi connectivity index (χ1v) is 6.48. The molecule has 2 aromatic rings. The summed E-state index contributed by atoms with van der Waals surface area (Å²) in [7, 11) is 4.09. The number of aromatic nitrogens is 1. The summed E-state index contributed by atoms with van der Waals surface area (Å²) in [4.78, 5) is 6.41. The van der Waals surface area contributed by atoms with Crippen molar-refractivity contribution in [3.8, 4) is 0 Å². The Balaban J connectivity index is 2.11. The van der Waals surface area contributed by atoms with Crippen LogP contribution in [-0.4, -0.2) is 19.1 Å². The molecule has 1 heterocycles. The van der Waals surface area contributed by atoms with Gasteiger partial charge in [0.15, 0.2) is 0 Å². The molecule has 1 unspecified atom stereocenters. The van der Waals surface area contributed by atoms with Crippen LogP contribution in [0.3, 0.4) is 0 Å². The second-order valence-electron chi connectivity index (χ2n) is 4.18. The van der Waals surface area contributed by atoms with Crippen molar-refractivity contribution in [3.05, 3.63) is 40.8 Å². The quantitative estimate of drug-likeness (QED) is 0.897. The van der Waals surface area contributed by atoms with Gasteiger partial charge in [0.2, 0.25) is 0 Å². The number of hydrogen-bond donors (Lipinski definition) is 1. The molecular formula is C13H17N3S. The molecule has 0 bridgehead atoms. The van der Waals surface area contributed by atoms with Gasteiger partial charge in [0, 0.05) is 37.0 Å². The number of hydrogen-bond acceptors (Lipinski definition) is 4. The molecular weight excluding hydrogens is 230 g/mol. The van der Waals surface area contributed by atoms with Crippen molar-refractivity contribution in [1.29, 1.82) is 0 Å². The van der Waals surface area contributed by atoms with Gasteiger partial charge in [0.25, 0.3) is 0 Å². The third kappa shape index (κ3) is 2.97. The Hall–Kier alpha value is -1.55. The summed E-state index contributed by atoms with van der Waals surface area (Å²) >= 11 is 1.68. The minimum atomic E-state index is 0.243. The topological polar surface area (TPSA) is 28.2 Å². The molecule has 1 N–H and O–H groups in total. The minimum Gasteiger partial charge on any atom is -0.378 e. The molecule has 0 aliphatic heterocycles. The van der Waals surface area contributed by atoms with E-state index >= 15 is 0 Å². The van der Waals surface area contributed by atoms with E-state index in [1.807, 2.05) is 25.7 Å². The predicted molar refractivity (Wildman–Crippen MR) is 74.9 cm³/mol. The summed E-state index contributed by atoms with van der Waals surface area (Å²) in [5.41, 5.74) is 2.32. The Morgan fingerprint density at radius 3 is 2.82 bits per heavy atom. The molecule has 0 aliphatic rings. The average Bonchev–Trinajstić information content (AvgIpc) is 2.82. The van der Waals surface area contributed by atoms with Crippen molar-refractivity contribution in [2.75, 3.05) is 24.3 Å². The van der Waals surface area contributed by atoms with Crippen LogP contribution in [0, 0.1) is 0 Å². The highest BCUT2D eigenvalue weighted by atomic mass is 32.1. The Labute approximate surface area is 106 Å². The summed E-state index contributed by atoms with van der Waals surface area (Å²) < 4.78 is 0. The van der Waals surface area contributed by atoms with E-state index in [0.717, 1.165) is 10.7 Å². The van der Waals surface area contributed by atoms with Gasteiger partial charge in [-0.2, -0.15) is 0 Å². The number of nitrogens with zero attached hydrogens (tertiary/aromatic N) is 2. The zero-order valence-corrected chi connectivity index (χ0v) is 11.2. The van der Waals surface area contributed by atoms with Crippen LogP contribution in [0.4, 0.5) is 11.4 Å². The van der Waals surface area contributed by atoms with Crippen LogP contribution in [0.2, 0.25) is 0 Å². The third-order valence-electron chi connectivity index (χ3n) is 2.57. The van der Waals surface area contributed by atoms with Gasteiger partial charge in [-0.1, -0.05) is 6.07 Å². The molecule has 3 nitrogen and oxygen atoms in total. The maximum Gasteiger partial charge on any atom is 0.115 e. The van der Waals surface area contributed by atoms with Gasteiger partial charge in [-0.15, -0.1) is 11.3 Å². The third-order valence-corrected chi connectivity index (χ3v) is 3.53. The van der Waals surface area contributed by atoms with Gasteiger partial charge in [-0.3, -0.25) is 0 Å². The van der Waals surface area contributed by atoms with Gasteiger partial charge in [0.1, 0.15) is 5.01 Å². The fraction of sp³-hybridized carbons (Fsp3) is 0.308. The number of anilines is 2. The van der Waals surface area contributed by atoms with Crippen LogP contribution >= 0.6 is 11.3 Å². The highest BCUT2D eigenvalue weighted by molar-refractivity contribution is 7.09. The molecule has 0 saturated carbocycles. The lowest BCUT2D eigenvalue weighted by Gasteiger charge is -2.16. The standard InChI is InChI=1S/C13H17N3S/c1-10(13-14-7-8-17-13)15-11-5-4-6-12(9-11)16(2)3/h4-10,15H,1-3H3.